The number of hydrogen-bond acceptors (Lipinski definition) is 6. The van der Waals surface area contributed by atoms with Crippen LogP contribution in [0.4, 0.5) is 20.4 Å². The molecule has 1 fully saturated rings. The predicted molar refractivity (Wildman–Crippen MR) is 102 cm³/mol. The number of hydrogen-bond donors (Lipinski definition) is 2. The number of fused-ring (bicyclic) bond motifs is 1. The number of aryl methyl sites for hydroxylation is 1. The summed E-state index contributed by atoms with van der Waals surface area (Å²) in [4.78, 5) is 10.8. The van der Waals surface area contributed by atoms with Crippen LogP contribution in [0.2, 0.25) is 0 Å². The Morgan fingerprint density at radius 1 is 1.21 bits per heavy atom. The van der Waals surface area contributed by atoms with Gasteiger partial charge in [-0.2, -0.15) is 8.78 Å². The molecule has 2 N–H and O–H groups in total. The maximum Gasteiger partial charge on any atom is 0.387 e. The zero-order valence-corrected chi connectivity index (χ0v) is 15.5. The van der Waals surface area contributed by atoms with E-state index in [1.54, 1.807) is 12.1 Å². The molecule has 28 heavy (non-hydrogen) atoms. The number of ether oxygens (including phenoxy) is 1. The van der Waals surface area contributed by atoms with Gasteiger partial charge in [0, 0.05) is 12.6 Å². The van der Waals surface area contributed by atoms with Gasteiger partial charge in [-0.15, -0.1) is 0 Å². The van der Waals surface area contributed by atoms with Crippen LogP contribution >= 0.6 is 0 Å². The summed E-state index contributed by atoms with van der Waals surface area (Å²) in [5.41, 5.74) is 2.11. The summed E-state index contributed by atoms with van der Waals surface area (Å²) < 4.78 is 29.5. The maximum atomic E-state index is 12.5. The van der Waals surface area contributed by atoms with Crippen molar-refractivity contribution in [1.82, 2.24) is 9.97 Å². The van der Waals surface area contributed by atoms with Crippen LogP contribution in [0.5, 0.6) is 5.75 Å². The van der Waals surface area contributed by atoms with Crippen LogP contribution in [0.3, 0.4) is 0 Å². The Hall–Kier alpha value is -2.48. The number of halogens is 2. The van der Waals surface area contributed by atoms with Crippen molar-refractivity contribution in [3.05, 3.63) is 41.7 Å². The molecule has 1 aliphatic carbocycles. The molecule has 8 heteroatoms. The van der Waals surface area contributed by atoms with Crippen LogP contribution in [-0.4, -0.2) is 40.9 Å². The Balaban J connectivity index is 1.52. The number of aliphatic hydroxyl groups is 1. The van der Waals surface area contributed by atoms with E-state index in [0.29, 0.717) is 0 Å². The summed E-state index contributed by atoms with van der Waals surface area (Å²) in [7, 11) is 0. The van der Waals surface area contributed by atoms with Gasteiger partial charge in [-0.1, -0.05) is 6.07 Å². The average molecular weight is 390 g/mol. The number of benzene rings is 1. The fourth-order valence-electron chi connectivity index (χ4n) is 4.21. The first-order valence-corrected chi connectivity index (χ1v) is 9.68. The Morgan fingerprint density at radius 3 is 2.93 bits per heavy atom. The van der Waals surface area contributed by atoms with Crippen molar-refractivity contribution < 1.29 is 18.6 Å². The van der Waals surface area contributed by atoms with E-state index >= 15 is 0 Å². The van der Waals surface area contributed by atoms with Crippen LogP contribution in [0.15, 0.2) is 30.6 Å². The molecule has 4 rings (SSSR count). The van der Waals surface area contributed by atoms with Gasteiger partial charge in [-0.3, -0.25) is 0 Å². The number of nitrogens with one attached hydrogen (secondary N) is 1. The van der Waals surface area contributed by atoms with Crippen molar-refractivity contribution in [3.63, 3.8) is 0 Å². The highest BCUT2D eigenvalue weighted by molar-refractivity contribution is 5.52. The topological polar surface area (TPSA) is 70.5 Å². The van der Waals surface area contributed by atoms with E-state index < -0.39 is 6.61 Å². The maximum absolute atomic E-state index is 12.5. The SMILES string of the molecule is OCC1CCCN1c1cc(NC2CCCc3cc(OC(F)F)ccc32)ncn1. The smallest absolute Gasteiger partial charge is 0.387 e. The van der Waals surface area contributed by atoms with E-state index in [4.69, 9.17) is 0 Å². The number of aliphatic hydroxyl groups excluding tert-OH is 1. The van der Waals surface area contributed by atoms with Gasteiger partial charge in [0.05, 0.1) is 18.7 Å². The molecule has 150 valence electrons. The highest BCUT2D eigenvalue weighted by Gasteiger charge is 2.26. The van der Waals surface area contributed by atoms with Crippen LogP contribution in [0.1, 0.15) is 42.9 Å². The number of rotatable bonds is 6. The van der Waals surface area contributed by atoms with Crippen molar-refractivity contribution in [3.8, 4) is 5.75 Å². The predicted octanol–water partition coefficient (Wildman–Crippen LogP) is 3.53. The van der Waals surface area contributed by atoms with E-state index in [2.05, 4.69) is 24.9 Å². The monoisotopic (exact) mass is 390 g/mol. The molecule has 1 saturated heterocycles. The number of nitrogens with zero attached hydrogens (tertiary/aromatic N) is 3. The lowest BCUT2D eigenvalue weighted by molar-refractivity contribution is -0.0499. The summed E-state index contributed by atoms with van der Waals surface area (Å²) in [6.07, 6.45) is 6.27. The van der Waals surface area contributed by atoms with Gasteiger partial charge >= 0.3 is 6.61 Å². The van der Waals surface area contributed by atoms with Gasteiger partial charge in [0.2, 0.25) is 0 Å². The molecule has 0 radical (unpaired) electrons. The fourth-order valence-corrected chi connectivity index (χ4v) is 4.21. The average Bonchev–Trinajstić information content (AvgIpc) is 3.17. The quantitative estimate of drug-likeness (QED) is 0.786. The Labute approximate surface area is 162 Å². The number of anilines is 2. The summed E-state index contributed by atoms with van der Waals surface area (Å²) in [6, 6.07) is 7.22. The minimum Gasteiger partial charge on any atom is -0.435 e. The van der Waals surface area contributed by atoms with Gasteiger partial charge < -0.3 is 20.1 Å². The third-order valence-electron chi connectivity index (χ3n) is 5.51. The summed E-state index contributed by atoms with van der Waals surface area (Å²) >= 11 is 0. The minimum atomic E-state index is -2.82. The standard InChI is InChI=1S/C20H24F2N4O2/c21-20(22)28-15-6-7-16-13(9-15)3-1-5-17(16)25-18-10-19(24-12-23-18)26-8-2-4-14(26)11-27/h6-7,9-10,12,14,17,20,27H,1-5,8,11H2,(H,23,24,25). The number of alkyl halides is 2. The lowest BCUT2D eigenvalue weighted by atomic mass is 9.87. The molecule has 0 saturated carbocycles. The largest absolute Gasteiger partial charge is 0.435 e. The minimum absolute atomic E-state index is 0.0549. The van der Waals surface area contributed by atoms with Crippen molar-refractivity contribution in [2.75, 3.05) is 23.4 Å². The van der Waals surface area contributed by atoms with Gasteiger partial charge in [0.15, 0.2) is 0 Å². The van der Waals surface area contributed by atoms with Crippen molar-refractivity contribution >= 4 is 11.6 Å². The van der Waals surface area contributed by atoms with Crippen LogP contribution in [-0.2, 0) is 6.42 Å². The molecule has 0 bridgehead atoms. The second kappa shape index (κ2) is 8.26. The molecule has 2 atom stereocenters. The Kier molecular flexibility index (Phi) is 5.57. The molecule has 2 heterocycles. The second-order valence-electron chi connectivity index (χ2n) is 7.26. The third-order valence-corrected chi connectivity index (χ3v) is 5.51. The first-order valence-electron chi connectivity index (χ1n) is 9.68. The number of aromatic nitrogens is 2. The third kappa shape index (κ3) is 4.01. The normalized spacial score (nSPS) is 21.6. The Bertz CT molecular complexity index is 821. The lowest BCUT2D eigenvalue weighted by Crippen LogP contribution is -2.32. The molecule has 0 amide bonds. The van der Waals surface area contributed by atoms with Crippen LogP contribution in [0, 0.1) is 0 Å². The second-order valence-corrected chi connectivity index (χ2v) is 7.26. The van der Waals surface area contributed by atoms with E-state index in [1.807, 2.05) is 12.1 Å². The fraction of sp³-hybridized carbons (Fsp3) is 0.500. The summed E-state index contributed by atoms with van der Waals surface area (Å²) in [5.74, 6) is 1.73. The lowest BCUT2D eigenvalue weighted by Gasteiger charge is -2.28. The van der Waals surface area contributed by atoms with E-state index in [9.17, 15) is 13.9 Å². The molecule has 1 aliphatic heterocycles. The molecule has 0 spiro atoms. The van der Waals surface area contributed by atoms with Crippen molar-refractivity contribution in [2.24, 2.45) is 0 Å². The Morgan fingerprint density at radius 2 is 2.11 bits per heavy atom. The van der Waals surface area contributed by atoms with Gasteiger partial charge in [0.25, 0.3) is 0 Å². The van der Waals surface area contributed by atoms with Gasteiger partial charge in [-0.25, -0.2) is 9.97 Å². The molecule has 6 nitrogen and oxygen atoms in total. The summed E-state index contributed by atoms with van der Waals surface area (Å²) in [5, 5.41) is 13.0. The molecular formula is C20H24F2N4O2. The molecule has 1 aromatic heterocycles. The van der Waals surface area contributed by atoms with Crippen LogP contribution in [0.25, 0.3) is 0 Å². The van der Waals surface area contributed by atoms with Crippen molar-refractivity contribution in [1.29, 1.82) is 0 Å². The van der Waals surface area contributed by atoms with E-state index in [1.165, 1.54) is 6.33 Å². The first-order chi connectivity index (χ1) is 13.6. The zero-order valence-electron chi connectivity index (χ0n) is 15.5. The van der Waals surface area contributed by atoms with E-state index in [0.717, 1.165) is 61.4 Å². The van der Waals surface area contributed by atoms with Gasteiger partial charge in [0.1, 0.15) is 23.7 Å². The zero-order chi connectivity index (χ0) is 19.5. The van der Waals surface area contributed by atoms with Gasteiger partial charge in [-0.05, 0) is 55.4 Å². The van der Waals surface area contributed by atoms with Crippen LogP contribution < -0.4 is 15.0 Å². The van der Waals surface area contributed by atoms with E-state index in [-0.39, 0.29) is 24.4 Å². The molecular weight excluding hydrogens is 366 g/mol. The van der Waals surface area contributed by atoms with Crippen molar-refractivity contribution in [2.45, 2.75) is 50.8 Å². The molecule has 2 aliphatic rings. The highest BCUT2D eigenvalue weighted by atomic mass is 19.3. The first kappa shape index (κ1) is 18.9. The molecule has 2 unspecified atom stereocenters. The molecule has 1 aromatic carbocycles. The molecule has 2 aromatic rings. The summed E-state index contributed by atoms with van der Waals surface area (Å²) in [6.45, 7) is -1.82. The highest BCUT2D eigenvalue weighted by Crippen LogP contribution is 2.35.